The van der Waals surface area contributed by atoms with Gasteiger partial charge in [-0.05, 0) is 45.4 Å². The molecule has 0 bridgehead atoms. The molecular formula is C10H23N4O. The van der Waals surface area contributed by atoms with Gasteiger partial charge in [0.2, 0.25) is 5.91 Å². The van der Waals surface area contributed by atoms with Crippen LogP contribution in [0.4, 0.5) is 0 Å². The Morgan fingerprint density at radius 1 is 1.00 bits per heavy atom. The van der Waals surface area contributed by atoms with Crippen LogP contribution in [-0.2, 0) is 4.79 Å². The van der Waals surface area contributed by atoms with E-state index in [0.717, 1.165) is 45.4 Å². The molecule has 0 atom stereocenters. The minimum Gasteiger partial charge on any atom is -0.330 e. The highest BCUT2D eigenvalue weighted by molar-refractivity contribution is 5.73. The maximum absolute atomic E-state index is 10.3. The first-order valence-electron chi connectivity index (χ1n) is 5.63. The molecular weight excluding hydrogens is 192 g/mol. The quantitative estimate of drug-likeness (QED) is 0.405. The standard InChI is InChI=1S/C10H23N4O/c11-5-3-8-13-6-1-2-7-14-9-4-10(12)15/h12-14H,1-9,11H2. The van der Waals surface area contributed by atoms with Crippen molar-refractivity contribution in [1.82, 2.24) is 16.4 Å². The number of carbonyl (C=O) groups is 1. The van der Waals surface area contributed by atoms with Crippen molar-refractivity contribution in [2.75, 3.05) is 32.7 Å². The van der Waals surface area contributed by atoms with Crippen LogP contribution in [-0.4, -0.2) is 38.6 Å². The van der Waals surface area contributed by atoms with E-state index in [0.29, 0.717) is 13.0 Å². The van der Waals surface area contributed by atoms with Crippen LogP contribution in [0.3, 0.4) is 0 Å². The van der Waals surface area contributed by atoms with Crippen LogP contribution < -0.4 is 22.1 Å². The summed E-state index contributed by atoms with van der Waals surface area (Å²) in [5, 5.41) is 6.43. The number of nitrogens with two attached hydrogens (primary N) is 1. The van der Waals surface area contributed by atoms with Gasteiger partial charge in [-0.15, -0.1) is 0 Å². The second kappa shape index (κ2) is 11.4. The normalized spacial score (nSPS) is 10.5. The van der Waals surface area contributed by atoms with E-state index < -0.39 is 5.91 Å². The number of unbranched alkanes of at least 4 members (excludes halogenated alkanes) is 1. The Balaban J connectivity index is 2.89. The third-order valence-electron chi connectivity index (χ3n) is 2.04. The van der Waals surface area contributed by atoms with Crippen LogP contribution in [0.2, 0.25) is 0 Å². The Bertz CT molecular complexity index is 152. The molecule has 0 saturated heterocycles. The fourth-order valence-electron chi connectivity index (χ4n) is 1.18. The van der Waals surface area contributed by atoms with E-state index in [1.54, 1.807) is 0 Å². The minimum atomic E-state index is -0.494. The summed E-state index contributed by atoms with van der Waals surface area (Å²) in [5.74, 6) is -0.494. The van der Waals surface area contributed by atoms with Crippen LogP contribution in [0.1, 0.15) is 25.7 Å². The molecule has 5 N–H and O–H groups in total. The van der Waals surface area contributed by atoms with Gasteiger partial charge in [0.1, 0.15) is 0 Å². The van der Waals surface area contributed by atoms with Crippen molar-refractivity contribution in [3.05, 3.63) is 0 Å². The number of carbonyl (C=O) groups excluding carboxylic acids is 1. The molecule has 0 saturated carbocycles. The van der Waals surface area contributed by atoms with E-state index in [1.165, 1.54) is 0 Å². The molecule has 0 aromatic carbocycles. The summed E-state index contributed by atoms with van der Waals surface area (Å²) in [6.07, 6.45) is 3.58. The smallest absolute Gasteiger partial charge is 0.239 e. The first kappa shape index (κ1) is 14.3. The molecule has 0 heterocycles. The lowest BCUT2D eigenvalue weighted by Crippen LogP contribution is -2.22. The molecule has 1 radical (unpaired) electrons. The van der Waals surface area contributed by atoms with Gasteiger partial charge in [0.05, 0.1) is 0 Å². The molecule has 0 aromatic heterocycles. The zero-order chi connectivity index (χ0) is 11.4. The third-order valence-corrected chi connectivity index (χ3v) is 2.04. The van der Waals surface area contributed by atoms with E-state index in [-0.39, 0.29) is 0 Å². The highest BCUT2D eigenvalue weighted by Crippen LogP contribution is 1.85. The molecule has 0 rings (SSSR count). The number of hydrogen-bond donors (Lipinski definition) is 3. The van der Waals surface area contributed by atoms with Crippen LogP contribution in [0.5, 0.6) is 0 Å². The first-order valence-corrected chi connectivity index (χ1v) is 5.63. The Morgan fingerprint density at radius 3 is 2.07 bits per heavy atom. The third kappa shape index (κ3) is 13.3. The Labute approximate surface area is 92.0 Å². The van der Waals surface area contributed by atoms with Gasteiger partial charge < -0.3 is 16.4 Å². The largest absolute Gasteiger partial charge is 0.330 e. The average molecular weight is 215 g/mol. The van der Waals surface area contributed by atoms with Crippen molar-refractivity contribution in [2.24, 2.45) is 5.73 Å². The lowest BCUT2D eigenvalue weighted by atomic mass is 10.3. The van der Waals surface area contributed by atoms with Crippen molar-refractivity contribution < 1.29 is 4.79 Å². The zero-order valence-electron chi connectivity index (χ0n) is 9.35. The molecule has 0 aromatic rings. The van der Waals surface area contributed by atoms with Crippen LogP contribution in [0.15, 0.2) is 0 Å². The highest BCUT2D eigenvalue weighted by Gasteiger charge is 1.94. The van der Waals surface area contributed by atoms with Crippen molar-refractivity contribution in [3.8, 4) is 0 Å². The van der Waals surface area contributed by atoms with Gasteiger partial charge in [-0.25, -0.2) is 0 Å². The second-order valence-electron chi connectivity index (χ2n) is 3.52. The summed E-state index contributed by atoms with van der Waals surface area (Å²) >= 11 is 0. The van der Waals surface area contributed by atoms with Gasteiger partial charge in [-0.3, -0.25) is 10.5 Å². The predicted octanol–water partition coefficient (Wildman–Crippen LogP) is -0.506. The first-order chi connectivity index (χ1) is 7.27. The molecule has 5 heteroatoms. The Morgan fingerprint density at radius 2 is 1.53 bits per heavy atom. The van der Waals surface area contributed by atoms with E-state index in [9.17, 15) is 4.79 Å². The van der Waals surface area contributed by atoms with E-state index in [1.807, 2.05) is 0 Å². The summed E-state index contributed by atoms with van der Waals surface area (Å²) in [6, 6.07) is 0. The lowest BCUT2D eigenvalue weighted by molar-refractivity contribution is -0.118. The monoisotopic (exact) mass is 215 g/mol. The summed E-state index contributed by atoms with van der Waals surface area (Å²) in [4.78, 5) is 10.3. The number of hydrogen-bond acceptors (Lipinski definition) is 4. The van der Waals surface area contributed by atoms with Crippen LogP contribution >= 0.6 is 0 Å². The van der Waals surface area contributed by atoms with Crippen molar-refractivity contribution in [1.29, 1.82) is 0 Å². The second-order valence-corrected chi connectivity index (χ2v) is 3.52. The molecule has 89 valence electrons. The van der Waals surface area contributed by atoms with Crippen LogP contribution in [0, 0.1) is 0 Å². The molecule has 0 aliphatic heterocycles. The maximum Gasteiger partial charge on any atom is 0.239 e. The van der Waals surface area contributed by atoms with E-state index in [2.05, 4.69) is 10.6 Å². The minimum absolute atomic E-state index is 0.314. The van der Waals surface area contributed by atoms with Gasteiger partial charge in [-0.2, -0.15) is 0 Å². The number of nitrogens with one attached hydrogen (secondary N) is 3. The fourth-order valence-corrected chi connectivity index (χ4v) is 1.18. The van der Waals surface area contributed by atoms with Gasteiger partial charge in [-0.1, -0.05) is 0 Å². The lowest BCUT2D eigenvalue weighted by Gasteiger charge is -2.04. The number of amides is 1. The molecule has 1 amide bonds. The number of rotatable bonds is 11. The average Bonchev–Trinajstić information content (AvgIpc) is 2.20. The summed E-state index contributed by atoms with van der Waals surface area (Å²) in [5.41, 5.74) is 12.0. The van der Waals surface area contributed by atoms with Crippen molar-refractivity contribution >= 4 is 5.91 Å². The van der Waals surface area contributed by atoms with Gasteiger partial charge >= 0.3 is 0 Å². The molecule has 0 spiro atoms. The fraction of sp³-hybridized carbons (Fsp3) is 0.900. The van der Waals surface area contributed by atoms with E-state index >= 15 is 0 Å². The highest BCUT2D eigenvalue weighted by atomic mass is 16.1. The molecule has 0 aliphatic carbocycles. The van der Waals surface area contributed by atoms with Crippen LogP contribution in [0.25, 0.3) is 0 Å². The summed E-state index contributed by atoms with van der Waals surface area (Å²) < 4.78 is 0. The molecule has 0 unspecified atom stereocenters. The molecule has 0 aliphatic rings. The topological polar surface area (TPSA) is 91.0 Å². The molecule has 0 fully saturated rings. The zero-order valence-corrected chi connectivity index (χ0v) is 9.35. The Kier molecular flexibility index (Phi) is 10.9. The van der Waals surface area contributed by atoms with E-state index in [4.69, 9.17) is 11.5 Å². The van der Waals surface area contributed by atoms with Crippen molar-refractivity contribution in [3.63, 3.8) is 0 Å². The van der Waals surface area contributed by atoms with Gasteiger partial charge in [0, 0.05) is 13.0 Å². The maximum atomic E-state index is 10.3. The predicted molar refractivity (Wildman–Crippen MR) is 61.4 cm³/mol. The molecule has 5 nitrogen and oxygen atoms in total. The van der Waals surface area contributed by atoms with Gasteiger partial charge in [0.15, 0.2) is 0 Å². The Hall–Kier alpha value is -0.650. The van der Waals surface area contributed by atoms with Gasteiger partial charge in [0.25, 0.3) is 0 Å². The SMILES string of the molecule is [NH]C(=O)CCNCCCCNCCCN. The summed E-state index contributed by atoms with van der Waals surface area (Å²) in [6.45, 7) is 4.32. The van der Waals surface area contributed by atoms with Crippen molar-refractivity contribution in [2.45, 2.75) is 25.7 Å². The molecule has 15 heavy (non-hydrogen) atoms. The summed E-state index contributed by atoms with van der Waals surface area (Å²) in [7, 11) is 0.